The first-order chi connectivity index (χ1) is 7.70. The molecule has 16 heavy (non-hydrogen) atoms. The van der Waals surface area contributed by atoms with Gasteiger partial charge in [-0.1, -0.05) is 6.42 Å². The highest BCUT2D eigenvalue weighted by Crippen LogP contribution is 2.15. The number of nitrogens with one attached hydrogen (secondary N) is 1. The van der Waals surface area contributed by atoms with E-state index in [0.717, 1.165) is 25.8 Å². The van der Waals surface area contributed by atoms with E-state index in [1.807, 2.05) is 0 Å². The van der Waals surface area contributed by atoms with Crippen LogP contribution in [0.25, 0.3) is 0 Å². The maximum atomic E-state index is 10.3. The molecule has 0 saturated heterocycles. The third kappa shape index (κ3) is 5.28. The van der Waals surface area contributed by atoms with Gasteiger partial charge >= 0.3 is 5.97 Å². The van der Waals surface area contributed by atoms with Crippen LogP contribution in [0.4, 0.5) is 0 Å². The Morgan fingerprint density at radius 3 is 2.94 bits per heavy atom. The Balaban J connectivity index is 2.01. The standard InChI is InChI=1S/C12H19NO2S/c1-10(11-6-8-16-9-11)13-7-4-2-3-5-12(14)15/h6,8-10,13H,2-5,7H2,1H3,(H,14,15). The van der Waals surface area contributed by atoms with Gasteiger partial charge in [-0.05, 0) is 48.7 Å². The van der Waals surface area contributed by atoms with Crippen molar-refractivity contribution in [3.05, 3.63) is 22.4 Å². The summed E-state index contributed by atoms with van der Waals surface area (Å²) >= 11 is 1.71. The van der Waals surface area contributed by atoms with Gasteiger partial charge in [0.05, 0.1) is 0 Å². The highest BCUT2D eigenvalue weighted by atomic mass is 32.1. The first-order valence-corrected chi connectivity index (χ1v) is 6.61. The lowest BCUT2D eigenvalue weighted by Gasteiger charge is -2.11. The second kappa shape index (κ2) is 7.41. The van der Waals surface area contributed by atoms with Crippen LogP contribution < -0.4 is 5.32 Å². The molecule has 0 amide bonds. The molecule has 0 fully saturated rings. The summed E-state index contributed by atoms with van der Waals surface area (Å²) in [7, 11) is 0. The van der Waals surface area contributed by atoms with E-state index in [1.54, 1.807) is 11.3 Å². The molecule has 0 saturated carbocycles. The van der Waals surface area contributed by atoms with Crippen LogP contribution in [0, 0.1) is 0 Å². The van der Waals surface area contributed by atoms with E-state index in [0.29, 0.717) is 12.5 Å². The van der Waals surface area contributed by atoms with Crippen molar-refractivity contribution in [3.63, 3.8) is 0 Å². The van der Waals surface area contributed by atoms with Crippen molar-refractivity contribution in [1.82, 2.24) is 5.32 Å². The molecule has 1 aromatic heterocycles. The van der Waals surface area contributed by atoms with Crippen molar-refractivity contribution < 1.29 is 9.90 Å². The van der Waals surface area contributed by atoms with Gasteiger partial charge in [0.15, 0.2) is 0 Å². The minimum Gasteiger partial charge on any atom is -0.481 e. The lowest BCUT2D eigenvalue weighted by atomic mass is 10.1. The van der Waals surface area contributed by atoms with E-state index in [9.17, 15) is 4.79 Å². The molecule has 0 aliphatic carbocycles. The van der Waals surface area contributed by atoms with Gasteiger partial charge in [0.25, 0.3) is 0 Å². The van der Waals surface area contributed by atoms with E-state index in [-0.39, 0.29) is 0 Å². The zero-order chi connectivity index (χ0) is 11.8. The second-order valence-corrected chi connectivity index (χ2v) is 4.72. The van der Waals surface area contributed by atoms with Crippen LogP contribution in [-0.2, 0) is 4.79 Å². The molecular formula is C12H19NO2S. The summed E-state index contributed by atoms with van der Waals surface area (Å²) < 4.78 is 0. The molecule has 1 aromatic rings. The van der Waals surface area contributed by atoms with Gasteiger partial charge in [-0.3, -0.25) is 4.79 Å². The molecule has 2 N–H and O–H groups in total. The van der Waals surface area contributed by atoms with E-state index in [2.05, 4.69) is 29.1 Å². The smallest absolute Gasteiger partial charge is 0.303 e. The predicted octanol–water partition coefficient (Wildman–Crippen LogP) is 3.04. The van der Waals surface area contributed by atoms with Crippen LogP contribution in [-0.4, -0.2) is 17.6 Å². The van der Waals surface area contributed by atoms with Crippen molar-refractivity contribution in [2.75, 3.05) is 6.54 Å². The third-order valence-corrected chi connectivity index (χ3v) is 3.26. The van der Waals surface area contributed by atoms with Crippen molar-refractivity contribution >= 4 is 17.3 Å². The minimum atomic E-state index is -0.695. The molecule has 0 spiro atoms. The maximum absolute atomic E-state index is 10.3. The number of thiophene rings is 1. The van der Waals surface area contributed by atoms with Crippen LogP contribution in [0.15, 0.2) is 16.8 Å². The third-order valence-electron chi connectivity index (χ3n) is 2.56. The Morgan fingerprint density at radius 2 is 2.31 bits per heavy atom. The summed E-state index contributed by atoms with van der Waals surface area (Å²) in [6.07, 6.45) is 3.10. The number of rotatable bonds is 8. The number of aliphatic carboxylic acids is 1. The molecule has 1 rings (SSSR count). The number of carboxylic acid groups (broad SMARTS) is 1. The average molecular weight is 241 g/mol. The van der Waals surface area contributed by atoms with E-state index in [1.165, 1.54) is 5.56 Å². The minimum absolute atomic E-state index is 0.292. The lowest BCUT2D eigenvalue weighted by molar-refractivity contribution is -0.137. The second-order valence-electron chi connectivity index (χ2n) is 3.94. The molecule has 0 bridgehead atoms. The molecule has 4 heteroatoms. The van der Waals surface area contributed by atoms with Gasteiger partial charge in [0.1, 0.15) is 0 Å². The van der Waals surface area contributed by atoms with E-state index >= 15 is 0 Å². The van der Waals surface area contributed by atoms with Gasteiger partial charge in [-0.2, -0.15) is 11.3 Å². The summed E-state index contributed by atoms with van der Waals surface area (Å²) in [5, 5.41) is 16.1. The van der Waals surface area contributed by atoms with Crippen molar-refractivity contribution in [1.29, 1.82) is 0 Å². The van der Waals surface area contributed by atoms with E-state index in [4.69, 9.17) is 5.11 Å². The highest BCUT2D eigenvalue weighted by molar-refractivity contribution is 7.07. The normalized spacial score (nSPS) is 12.6. The Labute approximate surface area is 100 Å². The predicted molar refractivity (Wildman–Crippen MR) is 66.8 cm³/mol. The lowest BCUT2D eigenvalue weighted by Crippen LogP contribution is -2.19. The zero-order valence-electron chi connectivity index (χ0n) is 9.61. The van der Waals surface area contributed by atoms with Gasteiger partial charge in [-0.15, -0.1) is 0 Å². The fourth-order valence-corrected chi connectivity index (χ4v) is 2.29. The molecule has 0 aliphatic heterocycles. The molecule has 0 radical (unpaired) electrons. The Morgan fingerprint density at radius 1 is 1.50 bits per heavy atom. The van der Waals surface area contributed by atoms with Crippen LogP contribution in [0.3, 0.4) is 0 Å². The number of hydrogen-bond acceptors (Lipinski definition) is 3. The van der Waals surface area contributed by atoms with Crippen LogP contribution in [0.1, 0.15) is 44.2 Å². The number of hydrogen-bond donors (Lipinski definition) is 2. The monoisotopic (exact) mass is 241 g/mol. The van der Waals surface area contributed by atoms with Gasteiger partial charge in [-0.25, -0.2) is 0 Å². The van der Waals surface area contributed by atoms with Crippen molar-refractivity contribution in [2.24, 2.45) is 0 Å². The Bertz CT molecular complexity index is 298. The van der Waals surface area contributed by atoms with E-state index < -0.39 is 5.97 Å². The molecule has 3 nitrogen and oxygen atoms in total. The first-order valence-electron chi connectivity index (χ1n) is 5.67. The van der Waals surface area contributed by atoms with Crippen LogP contribution in [0.5, 0.6) is 0 Å². The maximum Gasteiger partial charge on any atom is 0.303 e. The largest absolute Gasteiger partial charge is 0.481 e. The zero-order valence-corrected chi connectivity index (χ0v) is 10.4. The van der Waals surface area contributed by atoms with Crippen molar-refractivity contribution in [3.8, 4) is 0 Å². The molecule has 0 aliphatic rings. The summed E-state index contributed by atoms with van der Waals surface area (Å²) in [5.74, 6) is -0.695. The number of carboxylic acids is 1. The SMILES string of the molecule is CC(NCCCCCC(=O)O)c1ccsc1. The molecular weight excluding hydrogens is 222 g/mol. The first kappa shape index (κ1) is 13.2. The average Bonchev–Trinajstić information content (AvgIpc) is 2.75. The quantitative estimate of drug-likeness (QED) is 0.688. The molecule has 1 atom stereocenters. The van der Waals surface area contributed by atoms with Gasteiger partial charge in [0, 0.05) is 12.5 Å². The fourth-order valence-electron chi connectivity index (χ4n) is 1.54. The molecule has 1 heterocycles. The fraction of sp³-hybridized carbons (Fsp3) is 0.583. The highest BCUT2D eigenvalue weighted by Gasteiger charge is 2.03. The van der Waals surface area contributed by atoms with Gasteiger partial charge < -0.3 is 10.4 Å². The molecule has 0 aromatic carbocycles. The van der Waals surface area contributed by atoms with Crippen LogP contribution in [0.2, 0.25) is 0 Å². The van der Waals surface area contributed by atoms with Crippen LogP contribution >= 0.6 is 11.3 Å². The van der Waals surface area contributed by atoms with Crippen molar-refractivity contribution in [2.45, 2.75) is 38.6 Å². The number of carbonyl (C=O) groups is 1. The summed E-state index contributed by atoms with van der Waals surface area (Å²) in [5.41, 5.74) is 1.33. The topological polar surface area (TPSA) is 49.3 Å². The van der Waals surface area contributed by atoms with Gasteiger partial charge in [0.2, 0.25) is 0 Å². The molecule has 1 unspecified atom stereocenters. The summed E-state index contributed by atoms with van der Waals surface area (Å²) in [6, 6.07) is 2.53. The summed E-state index contributed by atoms with van der Waals surface area (Å²) in [4.78, 5) is 10.3. The Kier molecular flexibility index (Phi) is 6.11. The molecule has 90 valence electrons. The number of unbranched alkanes of at least 4 members (excludes halogenated alkanes) is 2. The Hall–Kier alpha value is -0.870. The summed E-state index contributed by atoms with van der Waals surface area (Å²) in [6.45, 7) is 3.11.